The first kappa shape index (κ1) is 24.7. The third kappa shape index (κ3) is 5.47. The van der Waals surface area contributed by atoms with Crippen LogP contribution in [-0.4, -0.2) is 72.8 Å². The number of hydrogen-bond acceptors (Lipinski definition) is 8. The minimum atomic E-state index is -0.717. The van der Waals surface area contributed by atoms with Crippen LogP contribution in [-0.2, 0) is 23.8 Å². The van der Waals surface area contributed by atoms with E-state index in [-0.39, 0.29) is 18.3 Å². The maximum absolute atomic E-state index is 5.90. The van der Waals surface area contributed by atoms with Crippen molar-refractivity contribution in [2.75, 3.05) is 21.3 Å². The molecular weight excluding hydrogens is 551 g/mol. The number of imidazole rings is 1. The second kappa shape index (κ2) is 11.4. The molecular formula is C24H27IN4O5. The van der Waals surface area contributed by atoms with Crippen molar-refractivity contribution < 1.29 is 23.8 Å². The van der Waals surface area contributed by atoms with Crippen LogP contribution in [0.1, 0.15) is 12.5 Å². The highest BCUT2D eigenvalue weighted by atomic mass is 127. The van der Waals surface area contributed by atoms with Crippen molar-refractivity contribution in [2.24, 2.45) is 5.16 Å². The molecule has 10 heteroatoms. The molecule has 0 bridgehead atoms. The second-order valence-corrected chi connectivity index (χ2v) is 9.02. The highest BCUT2D eigenvalue weighted by molar-refractivity contribution is 14.1. The van der Waals surface area contributed by atoms with Gasteiger partial charge in [-0.05, 0) is 47.2 Å². The first-order valence-electron chi connectivity index (χ1n) is 10.7. The van der Waals surface area contributed by atoms with Gasteiger partial charge in [0.2, 0.25) is 0 Å². The Kier molecular flexibility index (Phi) is 8.27. The predicted molar refractivity (Wildman–Crippen MR) is 135 cm³/mol. The minimum absolute atomic E-state index is 0.240. The van der Waals surface area contributed by atoms with E-state index in [9.17, 15) is 0 Å². The molecule has 9 nitrogen and oxygen atoms in total. The average Bonchev–Trinajstić information content (AvgIpc) is 3.35. The van der Waals surface area contributed by atoms with Gasteiger partial charge in [-0.2, -0.15) is 0 Å². The molecule has 0 unspecified atom stereocenters. The maximum atomic E-state index is 5.90. The Hall–Kier alpha value is -2.38. The number of halogens is 1. The van der Waals surface area contributed by atoms with Crippen molar-refractivity contribution in [1.29, 1.82) is 0 Å². The van der Waals surface area contributed by atoms with E-state index in [4.69, 9.17) is 23.8 Å². The minimum Gasteiger partial charge on any atom is -0.376 e. The Bertz CT molecular complexity index is 1090. The molecule has 2 aromatic heterocycles. The molecule has 0 radical (unpaired) electrons. The number of ether oxygens (including phenoxy) is 4. The van der Waals surface area contributed by atoms with Crippen LogP contribution in [0.3, 0.4) is 0 Å². The summed E-state index contributed by atoms with van der Waals surface area (Å²) in [7, 11) is 4.82. The highest BCUT2D eigenvalue weighted by Crippen LogP contribution is 2.27. The van der Waals surface area contributed by atoms with Crippen LogP contribution in [0.25, 0.3) is 17.1 Å². The number of oxime groups is 1. The SMILES string of the molecule is CO[C@@H]1[C@@H](OC)[C@H](C)O[C@@H](O/N=C/c2ccc(-c3cn(-c4ccc(I)cn4)cn3)cc2)[C@@H]1OC. The Morgan fingerprint density at radius 3 is 2.35 bits per heavy atom. The highest BCUT2D eigenvalue weighted by Gasteiger charge is 2.46. The molecule has 34 heavy (non-hydrogen) atoms. The molecule has 1 fully saturated rings. The lowest BCUT2D eigenvalue weighted by Gasteiger charge is -2.42. The third-order valence-electron chi connectivity index (χ3n) is 5.68. The van der Waals surface area contributed by atoms with E-state index in [0.29, 0.717) is 0 Å². The van der Waals surface area contributed by atoms with E-state index in [1.165, 1.54) is 0 Å². The van der Waals surface area contributed by atoms with Crippen molar-refractivity contribution in [3.8, 4) is 17.1 Å². The number of pyridine rings is 1. The zero-order chi connectivity index (χ0) is 24.1. The molecule has 1 aliphatic rings. The lowest BCUT2D eigenvalue weighted by atomic mass is 9.99. The summed E-state index contributed by atoms with van der Waals surface area (Å²) in [5, 5.41) is 4.12. The summed E-state index contributed by atoms with van der Waals surface area (Å²) in [4.78, 5) is 14.6. The molecule has 5 atom stereocenters. The molecule has 0 saturated carbocycles. The van der Waals surface area contributed by atoms with Crippen LogP contribution in [0.5, 0.6) is 0 Å². The van der Waals surface area contributed by atoms with Crippen LogP contribution in [0.4, 0.5) is 0 Å². The van der Waals surface area contributed by atoms with Gasteiger partial charge in [-0.1, -0.05) is 29.4 Å². The molecule has 0 amide bonds. The average molecular weight is 578 g/mol. The lowest BCUT2D eigenvalue weighted by molar-refractivity contribution is -0.305. The Labute approximate surface area is 212 Å². The molecule has 0 spiro atoms. The molecule has 0 aliphatic carbocycles. The van der Waals surface area contributed by atoms with Gasteiger partial charge >= 0.3 is 0 Å². The van der Waals surface area contributed by atoms with Crippen molar-refractivity contribution >= 4 is 28.8 Å². The van der Waals surface area contributed by atoms with Crippen molar-refractivity contribution in [3.05, 3.63) is 64.3 Å². The van der Waals surface area contributed by atoms with E-state index in [1.54, 1.807) is 33.9 Å². The lowest BCUT2D eigenvalue weighted by Crippen LogP contribution is -2.59. The maximum Gasteiger partial charge on any atom is 0.256 e. The summed E-state index contributed by atoms with van der Waals surface area (Å²) < 4.78 is 25.5. The van der Waals surface area contributed by atoms with E-state index in [2.05, 4.69) is 37.7 Å². The molecule has 4 rings (SSSR count). The first-order chi connectivity index (χ1) is 16.5. The Morgan fingerprint density at radius 2 is 1.71 bits per heavy atom. The van der Waals surface area contributed by atoms with Crippen molar-refractivity contribution in [1.82, 2.24) is 14.5 Å². The largest absolute Gasteiger partial charge is 0.376 e. The summed E-state index contributed by atoms with van der Waals surface area (Å²) in [6.45, 7) is 1.90. The van der Waals surface area contributed by atoms with Gasteiger partial charge < -0.3 is 23.8 Å². The molecule has 1 saturated heterocycles. The number of aromatic nitrogens is 3. The van der Waals surface area contributed by atoms with Crippen LogP contribution < -0.4 is 0 Å². The van der Waals surface area contributed by atoms with Crippen molar-refractivity contribution in [2.45, 2.75) is 37.6 Å². The molecule has 180 valence electrons. The number of hydrogen-bond donors (Lipinski definition) is 0. The van der Waals surface area contributed by atoms with Gasteiger partial charge in [0.25, 0.3) is 6.29 Å². The van der Waals surface area contributed by atoms with Gasteiger partial charge in [0.05, 0.1) is 18.0 Å². The van der Waals surface area contributed by atoms with Gasteiger partial charge in [-0.25, -0.2) is 9.97 Å². The number of methoxy groups -OCH3 is 3. The quantitative estimate of drug-likeness (QED) is 0.229. The zero-order valence-electron chi connectivity index (χ0n) is 19.4. The summed E-state index contributed by atoms with van der Waals surface area (Å²) >= 11 is 2.23. The predicted octanol–water partition coefficient (Wildman–Crippen LogP) is 3.68. The van der Waals surface area contributed by atoms with Crippen molar-refractivity contribution in [3.63, 3.8) is 0 Å². The molecule has 1 aliphatic heterocycles. The summed E-state index contributed by atoms with van der Waals surface area (Å²) in [6.07, 6.45) is 5.11. The number of rotatable bonds is 8. The number of benzene rings is 1. The van der Waals surface area contributed by atoms with Gasteiger partial charge in [-0.3, -0.25) is 4.57 Å². The summed E-state index contributed by atoms with van der Waals surface area (Å²) in [5.74, 6) is 0.821. The topological polar surface area (TPSA) is 89.2 Å². The fourth-order valence-electron chi connectivity index (χ4n) is 3.91. The second-order valence-electron chi connectivity index (χ2n) is 7.77. The Morgan fingerprint density at radius 1 is 0.971 bits per heavy atom. The molecule has 1 aromatic carbocycles. The smallest absolute Gasteiger partial charge is 0.256 e. The van der Waals surface area contributed by atoms with Crippen LogP contribution in [0.2, 0.25) is 0 Å². The fraction of sp³-hybridized carbons (Fsp3) is 0.375. The summed E-state index contributed by atoms with van der Waals surface area (Å²) in [5.41, 5.74) is 2.71. The monoisotopic (exact) mass is 578 g/mol. The number of nitrogens with zero attached hydrogens (tertiary/aromatic N) is 4. The molecule has 3 aromatic rings. The van der Waals surface area contributed by atoms with Crippen LogP contribution in [0, 0.1) is 3.57 Å². The zero-order valence-corrected chi connectivity index (χ0v) is 21.5. The van der Waals surface area contributed by atoms with E-state index >= 15 is 0 Å². The van der Waals surface area contributed by atoms with Gasteiger partial charge in [0, 0.05) is 42.9 Å². The fourth-order valence-corrected chi connectivity index (χ4v) is 4.23. The normalized spacial score (nSPS) is 25.0. The third-order valence-corrected chi connectivity index (χ3v) is 6.31. The van der Waals surface area contributed by atoms with Crippen LogP contribution in [0.15, 0.2) is 60.3 Å². The van der Waals surface area contributed by atoms with E-state index in [0.717, 1.165) is 26.2 Å². The van der Waals surface area contributed by atoms with Gasteiger partial charge in [0.15, 0.2) is 6.10 Å². The summed E-state index contributed by atoms with van der Waals surface area (Å²) in [6, 6.07) is 11.8. The van der Waals surface area contributed by atoms with Gasteiger partial charge in [0.1, 0.15) is 24.4 Å². The van der Waals surface area contributed by atoms with Crippen LogP contribution >= 0.6 is 22.6 Å². The standard InChI is InChI=1S/C24H27IN4O5/c1-15-21(30-2)22(31-3)23(32-4)24(33-15)34-28-11-16-5-7-17(8-6-16)19-13-29(14-27-19)20-10-9-18(25)12-26-20/h5-15,21-24H,1-4H3/b28-11+/t15-,21-,22+,23+,24-/m0/s1. The molecule has 3 heterocycles. The Balaban J connectivity index is 1.40. The van der Waals surface area contributed by atoms with E-state index < -0.39 is 12.4 Å². The first-order valence-corrected chi connectivity index (χ1v) is 11.8. The van der Waals surface area contributed by atoms with Gasteiger partial charge in [-0.15, -0.1) is 0 Å². The molecule has 0 N–H and O–H groups in total. The van der Waals surface area contributed by atoms with E-state index in [1.807, 2.05) is 60.3 Å².